The second kappa shape index (κ2) is 7.55. The number of carbonyl (C=O) groups excluding carboxylic acids is 1. The fraction of sp³-hybridized carbons (Fsp3) is 0.462. The van der Waals surface area contributed by atoms with Crippen LogP contribution in [0.3, 0.4) is 0 Å². The second-order valence-corrected chi connectivity index (χ2v) is 3.55. The summed E-state index contributed by atoms with van der Waals surface area (Å²) in [6.07, 6.45) is 0. The van der Waals surface area contributed by atoms with Crippen molar-refractivity contribution in [3.05, 3.63) is 23.8 Å². The van der Waals surface area contributed by atoms with Gasteiger partial charge in [-0.1, -0.05) is 0 Å². The molecule has 0 bridgehead atoms. The molecule has 0 saturated carbocycles. The molecule has 0 fully saturated rings. The second-order valence-electron chi connectivity index (χ2n) is 3.55. The molecule has 0 aliphatic heterocycles. The van der Waals surface area contributed by atoms with E-state index < -0.39 is 0 Å². The van der Waals surface area contributed by atoms with Crippen molar-refractivity contribution in [2.45, 2.75) is 6.92 Å². The van der Waals surface area contributed by atoms with E-state index in [-0.39, 0.29) is 5.91 Å². The summed E-state index contributed by atoms with van der Waals surface area (Å²) < 4.78 is 15.4. The van der Waals surface area contributed by atoms with Gasteiger partial charge < -0.3 is 19.5 Å². The minimum atomic E-state index is -0.159. The Morgan fingerprint density at radius 1 is 1.28 bits per heavy atom. The molecule has 1 rings (SSSR count). The molecule has 0 radical (unpaired) electrons. The molecule has 0 aromatic heterocycles. The van der Waals surface area contributed by atoms with Crippen molar-refractivity contribution in [1.29, 1.82) is 0 Å². The van der Waals surface area contributed by atoms with E-state index in [4.69, 9.17) is 14.2 Å². The van der Waals surface area contributed by atoms with Crippen molar-refractivity contribution < 1.29 is 19.0 Å². The number of hydrogen-bond donors (Lipinski definition) is 1. The highest BCUT2D eigenvalue weighted by Gasteiger charge is 2.10. The van der Waals surface area contributed by atoms with Crippen LogP contribution in [0.4, 0.5) is 0 Å². The third kappa shape index (κ3) is 3.92. The first-order valence-electron chi connectivity index (χ1n) is 5.80. The zero-order valence-corrected chi connectivity index (χ0v) is 11.0. The SMILES string of the molecule is CCOc1ccc(C(=O)NCCOC)cc1OC. The number of nitrogens with one attached hydrogen (secondary N) is 1. The summed E-state index contributed by atoms with van der Waals surface area (Å²) in [6, 6.07) is 5.09. The Labute approximate surface area is 107 Å². The van der Waals surface area contributed by atoms with Gasteiger partial charge in [-0.25, -0.2) is 0 Å². The lowest BCUT2D eigenvalue weighted by molar-refractivity contribution is 0.0936. The van der Waals surface area contributed by atoms with E-state index in [0.29, 0.717) is 36.8 Å². The summed E-state index contributed by atoms with van der Waals surface area (Å²) in [5, 5.41) is 2.74. The molecule has 100 valence electrons. The van der Waals surface area contributed by atoms with Crippen LogP contribution in [-0.2, 0) is 4.74 Å². The molecule has 1 aromatic carbocycles. The number of benzene rings is 1. The highest BCUT2D eigenvalue weighted by Crippen LogP contribution is 2.27. The molecule has 18 heavy (non-hydrogen) atoms. The van der Waals surface area contributed by atoms with E-state index in [1.54, 1.807) is 32.4 Å². The fourth-order valence-corrected chi connectivity index (χ4v) is 1.45. The van der Waals surface area contributed by atoms with Gasteiger partial charge in [0.2, 0.25) is 0 Å². The Morgan fingerprint density at radius 2 is 2.06 bits per heavy atom. The highest BCUT2D eigenvalue weighted by molar-refractivity contribution is 5.94. The molecule has 0 heterocycles. The summed E-state index contributed by atoms with van der Waals surface area (Å²) >= 11 is 0. The van der Waals surface area contributed by atoms with Gasteiger partial charge in [-0.05, 0) is 25.1 Å². The molecule has 0 spiro atoms. The van der Waals surface area contributed by atoms with Gasteiger partial charge >= 0.3 is 0 Å². The number of methoxy groups -OCH3 is 2. The summed E-state index contributed by atoms with van der Waals surface area (Å²) in [5.41, 5.74) is 0.534. The number of amides is 1. The van der Waals surface area contributed by atoms with Crippen LogP contribution in [0.1, 0.15) is 17.3 Å². The Balaban J connectivity index is 2.74. The topological polar surface area (TPSA) is 56.8 Å². The maximum Gasteiger partial charge on any atom is 0.251 e. The van der Waals surface area contributed by atoms with Crippen molar-refractivity contribution in [3.8, 4) is 11.5 Å². The molecule has 1 amide bonds. The van der Waals surface area contributed by atoms with Crippen molar-refractivity contribution in [2.75, 3.05) is 34.0 Å². The minimum absolute atomic E-state index is 0.159. The Bertz CT molecular complexity index is 393. The molecule has 0 saturated heterocycles. The van der Waals surface area contributed by atoms with Crippen LogP contribution in [0.2, 0.25) is 0 Å². The lowest BCUT2D eigenvalue weighted by Crippen LogP contribution is -2.26. The predicted octanol–water partition coefficient (Wildman–Crippen LogP) is 1.47. The Hall–Kier alpha value is -1.75. The minimum Gasteiger partial charge on any atom is -0.493 e. The van der Waals surface area contributed by atoms with Gasteiger partial charge in [0.25, 0.3) is 5.91 Å². The zero-order chi connectivity index (χ0) is 13.4. The third-order valence-electron chi connectivity index (χ3n) is 2.32. The van der Waals surface area contributed by atoms with Crippen molar-refractivity contribution in [3.63, 3.8) is 0 Å². The van der Waals surface area contributed by atoms with Gasteiger partial charge in [-0.3, -0.25) is 4.79 Å². The average molecular weight is 253 g/mol. The lowest BCUT2D eigenvalue weighted by Gasteiger charge is -2.11. The molecule has 5 nitrogen and oxygen atoms in total. The number of carbonyl (C=O) groups is 1. The van der Waals surface area contributed by atoms with Gasteiger partial charge in [0.15, 0.2) is 11.5 Å². The number of ether oxygens (including phenoxy) is 3. The fourth-order valence-electron chi connectivity index (χ4n) is 1.45. The molecule has 0 aliphatic carbocycles. The van der Waals surface area contributed by atoms with Crippen LogP contribution in [0.25, 0.3) is 0 Å². The summed E-state index contributed by atoms with van der Waals surface area (Å²) in [4.78, 5) is 11.8. The van der Waals surface area contributed by atoms with Gasteiger partial charge in [-0.2, -0.15) is 0 Å². The zero-order valence-electron chi connectivity index (χ0n) is 11.0. The maximum absolute atomic E-state index is 11.8. The molecule has 0 aliphatic rings. The molecule has 1 aromatic rings. The summed E-state index contributed by atoms with van der Waals surface area (Å²) in [5.74, 6) is 1.03. The van der Waals surface area contributed by atoms with E-state index in [2.05, 4.69) is 5.32 Å². The summed E-state index contributed by atoms with van der Waals surface area (Å²) in [7, 11) is 3.14. The maximum atomic E-state index is 11.8. The molecule has 5 heteroatoms. The monoisotopic (exact) mass is 253 g/mol. The smallest absolute Gasteiger partial charge is 0.251 e. The van der Waals surface area contributed by atoms with E-state index in [9.17, 15) is 4.79 Å². The lowest BCUT2D eigenvalue weighted by atomic mass is 10.2. The standard InChI is InChI=1S/C13H19NO4/c1-4-18-11-6-5-10(9-12(11)17-3)13(15)14-7-8-16-2/h5-6,9H,4,7-8H2,1-3H3,(H,14,15). The quantitative estimate of drug-likeness (QED) is 0.748. The van der Waals surface area contributed by atoms with Crippen molar-refractivity contribution in [1.82, 2.24) is 5.32 Å². The number of rotatable bonds is 7. The van der Waals surface area contributed by atoms with Crippen LogP contribution in [0.15, 0.2) is 18.2 Å². The van der Waals surface area contributed by atoms with Crippen LogP contribution < -0.4 is 14.8 Å². The third-order valence-corrected chi connectivity index (χ3v) is 2.32. The Kier molecular flexibility index (Phi) is 6.00. The van der Waals surface area contributed by atoms with Gasteiger partial charge in [0.1, 0.15) is 0 Å². The van der Waals surface area contributed by atoms with Crippen LogP contribution in [-0.4, -0.2) is 39.9 Å². The molecule has 0 atom stereocenters. The van der Waals surface area contributed by atoms with Gasteiger partial charge in [0.05, 0.1) is 20.3 Å². The van der Waals surface area contributed by atoms with Crippen LogP contribution >= 0.6 is 0 Å². The normalized spacial score (nSPS) is 9.94. The van der Waals surface area contributed by atoms with E-state index in [1.165, 1.54) is 0 Å². The first kappa shape index (κ1) is 14.3. The van der Waals surface area contributed by atoms with Crippen molar-refractivity contribution in [2.24, 2.45) is 0 Å². The van der Waals surface area contributed by atoms with E-state index in [1.807, 2.05) is 6.92 Å². The Morgan fingerprint density at radius 3 is 2.67 bits per heavy atom. The van der Waals surface area contributed by atoms with E-state index >= 15 is 0 Å². The van der Waals surface area contributed by atoms with Gasteiger partial charge in [-0.15, -0.1) is 0 Å². The average Bonchev–Trinajstić information content (AvgIpc) is 2.39. The first-order chi connectivity index (χ1) is 8.72. The molecular weight excluding hydrogens is 234 g/mol. The van der Waals surface area contributed by atoms with Crippen LogP contribution in [0.5, 0.6) is 11.5 Å². The van der Waals surface area contributed by atoms with Crippen molar-refractivity contribution >= 4 is 5.91 Å². The van der Waals surface area contributed by atoms with E-state index in [0.717, 1.165) is 0 Å². The van der Waals surface area contributed by atoms with Crippen LogP contribution in [0, 0.1) is 0 Å². The predicted molar refractivity (Wildman–Crippen MR) is 68.4 cm³/mol. The number of hydrogen-bond acceptors (Lipinski definition) is 4. The summed E-state index contributed by atoms with van der Waals surface area (Å²) in [6.45, 7) is 3.41. The molecule has 0 unspecified atom stereocenters. The largest absolute Gasteiger partial charge is 0.493 e. The first-order valence-corrected chi connectivity index (χ1v) is 5.80. The molecule has 1 N–H and O–H groups in total. The van der Waals surface area contributed by atoms with Gasteiger partial charge in [0, 0.05) is 19.2 Å². The molecular formula is C13H19NO4. The highest BCUT2D eigenvalue weighted by atomic mass is 16.5.